The predicted molar refractivity (Wildman–Crippen MR) is 126 cm³/mol. The van der Waals surface area contributed by atoms with Crippen molar-refractivity contribution in [2.45, 2.75) is 6.92 Å². The maximum atomic E-state index is 13.1. The first-order valence-corrected chi connectivity index (χ1v) is 10.9. The van der Waals surface area contributed by atoms with Crippen molar-refractivity contribution in [2.24, 2.45) is 0 Å². The van der Waals surface area contributed by atoms with Crippen LogP contribution in [0.1, 0.15) is 11.1 Å². The quantitative estimate of drug-likeness (QED) is 0.414. The molecule has 168 valence electrons. The van der Waals surface area contributed by atoms with Crippen LogP contribution in [0.25, 0.3) is 17.3 Å². The van der Waals surface area contributed by atoms with Crippen molar-refractivity contribution in [3.63, 3.8) is 0 Å². The average Bonchev–Trinajstić information content (AvgIpc) is 3.34. The molecule has 0 radical (unpaired) electrons. The van der Waals surface area contributed by atoms with E-state index in [1.165, 1.54) is 17.0 Å². The number of anilines is 1. The summed E-state index contributed by atoms with van der Waals surface area (Å²) in [5.74, 6) is -0.490. The lowest BCUT2D eigenvalue weighted by atomic mass is 10.1. The molecule has 1 aliphatic rings. The Morgan fingerprint density at radius 1 is 1.27 bits per heavy atom. The van der Waals surface area contributed by atoms with Gasteiger partial charge in [-0.1, -0.05) is 36.1 Å². The molecule has 0 spiro atoms. The van der Waals surface area contributed by atoms with Gasteiger partial charge >= 0.3 is 0 Å². The molecule has 0 atom stereocenters. The Bertz CT molecular complexity index is 1270. The molecule has 2 amide bonds. The van der Waals surface area contributed by atoms with Crippen molar-refractivity contribution in [3.05, 3.63) is 64.3 Å². The fraction of sp³-hybridized carbons (Fsp3) is 0.136. The zero-order valence-electron chi connectivity index (χ0n) is 17.5. The maximum absolute atomic E-state index is 13.1. The average molecular weight is 485 g/mol. The smallest absolute Gasteiger partial charge is 0.266 e. The number of aryl methyl sites for hydroxylation is 1. The number of methoxy groups -OCH3 is 1. The standard InChI is InChI=1S/C22H17FN4O4S2/c1-12-9-15(30-2)7-8-16(12)19-20(26-31-25-19)24-18(28)11-27-21(29)17(33-22(27)32)10-13-3-5-14(23)6-4-13/h3-10H,11H2,1-2H3,(H,24,26,28)/b17-10-. The lowest BCUT2D eigenvalue weighted by Crippen LogP contribution is -2.36. The number of rotatable bonds is 6. The van der Waals surface area contributed by atoms with E-state index in [1.54, 1.807) is 37.5 Å². The number of thiocarbonyl (C=S) groups is 1. The first-order valence-electron chi connectivity index (χ1n) is 9.64. The summed E-state index contributed by atoms with van der Waals surface area (Å²) >= 11 is 6.34. The van der Waals surface area contributed by atoms with Gasteiger partial charge in [0, 0.05) is 5.56 Å². The highest BCUT2D eigenvalue weighted by molar-refractivity contribution is 8.26. The van der Waals surface area contributed by atoms with E-state index < -0.39 is 11.8 Å². The first-order chi connectivity index (χ1) is 15.9. The van der Waals surface area contributed by atoms with Gasteiger partial charge in [0.15, 0.2) is 5.69 Å². The predicted octanol–water partition coefficient (Wildman–Crippen LogP) is 4.03. The summed E-state index contributed by atoms with van der Waals surface area (Å²) in [5, 5.41) is 10.3. The minimum Gasteiger partial charge on any atom is -0.497 e. The molecule has 33 heavy (non-hydrogen) atoms. The molecule has 3 aromatic rings. The number of halogens is 1. The summed E-state index contributed by atoms with van der Waals surface area (Å²) in [4.78, 5) is 27.0. The highest BCUT2D eigenvalue weighted by Gasteiger charge is 2.33. The van der Waals surface area contributed by atoms with Crippen molar-refractivity contribution >= 4 is 52.0 Å². The van der Waals surface area contributed by atoms with Gasteiger partial charge in [-0.05, 0) is 64.8 Å². The fourth-order valence-corrected chi connectivity index (χ4v) is 4.39. The normalized spacial score (nSPS) is 14.8. The van der Waals surface area contributed by atoms with Crippen LogP contribution in [0.3, 0.4) is 0 Å². The van der Waals surface area contributed by atoms with Crippen LogP contribution in [0.5, 0.6) is 5.75 Å². The second-order valence-electron chi connectivity index (χ2n) is 7.01. The van der Waals surface area contributed by atoms with E-state index in [4.69, 9.17) is 21.6 Å². The van der Waals surface area contributed by atoms with Crippen LogP contribution >= 0.6 is 24.0 Å². The molecule has 0 aliphatic carbocycles. The summed E-state index contributed by atoms with van der Waals surface area (Å²) in [5.41, 5.74) is 2.56. The van der Waals surface area contributed by atoms with Gasteiger partial charge in [-0.2, -0.15) is 0 Å². The zero-order valence-corrected chi connectivity index (χ0v) is 19.1. The molecular formula is C22H17FN4O4S2. The van der Waals surface area contributed by atoms with E-state index in [0.717, 1.165) is 17.3 Å². The van der Waals surface area contributed by atoms with Crippen LogP contribution in [0.4, 0.5) is 10.2 Å². The number of ether oxygens (including phenoxy) is 1. The monoisotopic (exact) mass is 484 g/mol. The Morgan fingerprint density at radius 2 is 2.03 bits per heavy atom. The van der Waals surface area contributed by atoms with Gasteiger partial charge in [0.25, 0.3) is 5.91 Å². The van der Waals surface area contributed by atoms with E-state index in [1.807, 2.05) is 13.0 Å². The molecule has 11 heteroatoms. The summed E-state index contributed by atoms with van der Waals surface area (Å²) in [6.07, 6.45) is 1.60. The number of hydrogen-bond donors (Lipinski definition) is 1. The molecule has 0 saturated carbocycles. The lowest BCUT2D eigenvalue weighted by Gasteiger charge is -2.13. The van der Waals surface area contributed by atoms with Gasteiger partial charge < -0.3 is 10.1 Å². The van der Waals surface area contributed by atoms with Crippen molar-refractivity contribution < 1.29 is 23.3 Å². The second kappa shape index (κ2) is 9.51. The van der Waals surface area contributed by atoms with Crippen molar-refractivity contribution in [2.75, 3.05) is 19.0 Å². The molecule has 4 rings (SSSR count). The minimum absolute atomic E-state index is 0.126. The third-order valence-electron chi connectivity index (χ3n) is 4.78. The van der Waals surface area contributed by atoms with Crippen LogP contribution in [0, 0.1) is 12.7 Å². The van der Waals surface area contributed by atoms with Crippen molar-refractivity contribution in [1.29, 1.82) is 0 Å². The number of benzene rings is 2. The number of carbonyl (C=O) groups excluding carboxylic acids is 2. The maximum Gasteiger partial charge on any atom is 0.266 e. The number of thioether (sulfide) groups is 1. The molecule has 8 nitrogen and oxygen atoms in total. The van der Waals surface area contributed by atoms with E-state index in [9.17, 15) is 14.0 Å². The van der Waals surface area contributed by atoms with Gasteiger partial charge in [0.1, 0.15) is 22.4 Å². The molecule has 2 aromatic carbocycles. The Morgan fingerprint density at radius 3 is 2.73 bits per heavy atom. The molecule has 2 heterocycles. The minimum atomic E-state index is -0.516. The molecule has 1 aromatic heterocycles. The summed E-state index contributed by atoms with van der Waals surface area (Å²) in [6, 6.07) is 11.1. The van der Waals surface area contributed by atoms with Crippen LogP contribution in [0.15, 0.2) is 52.0 Å². The van der Waals surface area contributed by atoms with Crippen LogP contribution in [-0.4, -0.2) is 45.0 Å². The second-order valence-corrected chi connectivity index (χ2v) is 8.69. The van der Waals surface area contributed by atoms with Crippen molar-refractivity contribution in [1.82, 2.24) is 15.2 Å². The number of nitrogens with zero attached hydrogens (tertiary/aromatic N) is 3. The highest BCUT2D eigenvalue weighted by Crippen LogP contribution is 2.33. The topological polar surface area (TPSA) is 97.6 Å². The van der Waals surface area contributed by atoms with Gasteiger partial charge in [-0.25, -0.2) is 9.02 Å². The Kier molecular flexibility index (Phi) is 6.52. The lowest BCUT2D eigenvalue weighted by molar-refractivity contribution is -0.126. The number of aromatic nitrogens is 2. The van der Waals surface area contributed by atoms with Gasteiger partial charge in [0.2, 0.25) is 11.7 Å². The number of amides is 2. The summed E-state index contributed by atoms with van der Waals surface area (Å²) in [7, 11) is 1.57. The first kappa shape index (κ1) is 22.6. The van der Waals surface area contributed by atoms with Gasteiger partial charge in [-0.3, -0.25) is 14.5 Å². The zero-order chi connectivity index (χ0) is 23.5. The molecular weight excluding hydrogens is 467 g/mol. The van der Waals surface area contributed by atoms with Crippen LogP contribution in [-0.2, 0) is 9.59 Å². The third kappa shape index (κ3) is 4.94. The Hall–Kier alpha value is -3.57. The van der Waals surface area contributed by atoms with Crippen LogP contribution < -0.4 is 10.1 Å². The number of hydrogen-bond acceptors (Lipinski definition) is 8. The van der Waals surface area contributed by atoms with Crippen LogP contribution in [0.2, 0.25) is 0 Å². The Balaban J connectivity index is 1.47. The van der Waals surface area contributed by atoms with Gasteiger partial charge in [-0.15, -0.1) is 0 Å². The number of carbonyl (C=O) groups is 2. The third-order valence-corrected chi connectivity index (χ3v) is 6.16. The van der Waals surface area contributed by atoms with E-state index in [-0.39, 0.29) is 22.5 Å². The molecule has 1 saturated heterocycles. The molecule has 0 unspecified atom stereocenters. The van der Waals surface area contributed by atoms with E-state index >= 15 is 0 Å². The van der Waals surface area contributed by atoms with Crippen molar-refractivity contribution in [3.8, 4) is 17.0 Å². The summed E-state index contributed by atoms with van der Waals surface area (Å²) < 4.78 is 23.4. The SMILES string of the molecule is COc1ccc(-c2nonc2NC(=O)CN2C(=O)/C(=C/c3ccc(F)cc3)SC2=S)c(C)c1. The van der Waals surface area contributed by atoms with Gasteiger partial charge in [0.05, 0.1) is 12.0 Å². The molecule has 1 aliphatic heterocycles. The molecule has 1 N–H and O–H groups in total. The highest BCUT2D eigenvalue weighted by atomic mass is 32.2. The van der Waals surface area contributed by atoms with E-state index in [2.05, 4.69) is 15.6 Å². The fourth-order valence-electron chi connectivity index (χ4n) is 3.14. The van der Waals surface area contributed by atoms with E-state index in [0.29, 0.717) is 27.5 Å². The summed E-state index contributed by atoms with van der Waals surface area (Å²) in [6.45, 7) is 1.56. The Labute approximate surface area is 197 Å². The molecule has 0 bridgehead atoms. The largest absolute Gasteiger partial charge is 0.497 e. The molecule has 1 fully saturated rings. The number of nitrogens with one attached hydrogen (secondary N) is 1.